The number of phenols is 1. The molecular weight excluding hydrogens is 811 g/mol. The molecule has 6 aliphatic rings. The molecule has 11 heteroatoms. The predicted molar refractivity (Wildman–Crippen MR) is 239 cm³/mol. The largest absolute Gasteiger partial charge is 0.508 e. The highest BCUT2D eigenvalue weighted by molar-refractivity contribution is 5.89. The van der Waals surface area contributed by atoms with Gasteiger partial charge in [-0.15, -0.1) is 0 Å². The number of rotatable bonds is 6. The van der Waals surface area contributed by atoms with Gasteiger partial charge in [0.05, 0.1) is 31.2 Å². The summed E-state index contributed by atoms with van der Waals surface area (Å²) in [6.45, 7) is 3.65. The Hall–Kier alpha value is -4.99. The van der Waals surface area contributed by atoms with Crippen molar-refractivity contribution in [3.63, 3.8) is 0 Å². The van der Waals surface area contributed by atoms with Crippen molar-refractivity contribution in [2.75, 3.05) is 11.9 Å². The van der Waals surface area contributed by atoms with Crippen molar-refractivity contribution in [3.05, 3.63) is 99.6 Å². The van der Waals surface area contributed by atoms with Crippen LogP contribution < -0.4 is 10.1 Å². The van der Waals surface area contributed by atoms with Gasteiger partial charge in [-0.2, -0.15) is 0 Å². The van der Waals surface area contributed by atoms with Gasteiger partial charge in [0.2, 0.25) is 0 Å². The lowest BCUT2D eigenvalue weighted by Crippen LogP contribution is -2.63. The zero-order valence-electron chi connectivity index (χ0n) is 36.9. The van der Waals surface area contributed by atoms with Crippen LogP contribution >= 0.6 is 0 Å². The second-order valence-electron chi connectivity index (χ2n) is 19.6. The first-order valence-electron chi connectivity index (χ1n) is 23.5. The minimum Gasteiger partial charge on any atom is -0.508 e. The molecule has 3 saturated carbocycles. The number of anilines is 1. The summed E-state index contributed by atoms with van der Waals surface area (Å²) in [4.78, 5) is 42.6. The third-order valence-corrected chi connectivity index (χ3v) is 15.8. The normalized spacial score (nSPS) is 32.2. The fourth-order valence-electron chi connectivity index (χ4n) is 12.5. The topological polar surface area (TPSA) is 183 Å². The summed E-state index contributed by atoms with van der Waals surface area (Å²) in [5.41, 5.74) is 2.66. The summed E-state index contributed by atoms with van der Waals surface area (Å²) in [5.74, 6) is 3.13. The van der Waals surface area contributed by atoms with Crippen LogP contribution in [0.1, 0.15) is 130 Å². The lowest BCUT2D eigenvalue weighted by molar-refractivity contribution is -0.212. The zero-order valence-corrected chi connectivity index (χ0v) is 36.9. The Balaban J connectivity index is 1.29. The van der Waals surface area contributed by atoms with Crippen molar-refractivity contribution in [3.8, 4) is 23.3 Å². The molecule has 6 N–H and O–H groups in total. The van der Waals surface area contributed by atoms with E-state index in [-0.39, 0.29) is 79.4 Å². The van der Waals surface area contributed by atoms with Gasteiger partial charge in [-0.05, 0) is 122 Å². The zero-order chi connectivity index (χ0) is 44.9. The van der Waals surface area contributed by atoms with Crippen molar-refractivity contribution >= 4 is 23.4 Å². The highest BCUT2D eigenvalue weighted by Gasteiger charge is 2.59. The Kier molecular flexibility index (Phi) is 12.3. The molecule has 0 radical (unpaired) electrons. The van der Waals surface area contributed by atoms with Gasteiger partial charge in [0.15, 0.2) is 0 Å². The van der Waals surface area contributed by atoms with Crippen LogP contribution in [-0.4, -0.2) is 73.7 Å². The molecule has 3 aromatic carbocycles. The quantitative estimate of drug-likeness (QED) is 0.0868. The van der Waals surface area contributed by atoms with Crippen LogP contribution in [0.2, 0.25) is 0 Å². The first-order valence-corrected chi connectivity index (χ1v) is 23.5. The molecule has 0 unspecified atom stereocenters. The Morgan fingerprint density at radius 1 is 0.938 bits per heavy atom. The number of esters is 2. The summed E-state index contributed by atoms with van der Waals surface area (Å²) in [6, 6.07) is 16.9. The van der Waals surface area contributed by atoms with Crippen LogP contribution in [-0.2, 0) is 44.0 Å². The molecule has 11 nitrogen and oxygen atoms in total. The molecule has 0 amide bonds. The lowest BCUT2D eigenvalue weighted by Gasteiger charge is -2.56. The molecule has 0 aromatic heterocycles. The summed E-state index contributed by atoms with van der Waals surface area (Å²) in [7, 11) is 0. The van der Waals surface area contributed by atoms with Crippen LogP contribution in [0.5, 0.6) is 11.5 Å². The number of hydrogen-bond donors (Lipinski definition) is 6. The molecule has 3 aromatic rings. The number of fused-ring (bicyclic) bond motifs is 8. The third kappa shape index (κ3) is 8.16. The van der Waals surface area contributed by atoms with Gasteiger partial charge in [-0.3, -0.25) is 9.59 Å². The van der Waals surface area contributed by atoms with E-state index in [0.717, 1.165) is 30.4 Å². The Morgan fingerprint density at radius 2 is 1.73 bits per heavy atom. The van der Waals surface area contributed by atoms with Gasteiger partial charge in [-0.1, -0.05) is 68.4 Å². The number of benzene rings is 3. The van der Waals surface area contributed by atoms with E-state index in [1.165, 1.54) is 6.07 Å². The van der Waals surface area contributed by atoms with Gasteiger partial charge < -0.3 is 40.3 Å². The molecule has 3 fully saturated rings. The van der Waals surface area contributed by atoms with Crippen LogP contribution in [0, 0.1) is 35.5 Å². The fourth-order valence-corrected chi connectivity index (χ4v) is 12.5. The van der Waals surface area contributed by atoms with Crippen LogP contribution in [0.3, 0.4) is 0 Å². The number of nitrogens with one attached hydrogen (secondary N) is 1. The van der Waals surface area contributed by atoms with Crippen molar-refractivity contribution in [2.24, 2.45) is 23.7 Å². The maximum Gasteiger partial charge on any atom is 0.334 e. The van der Waals surface area contributed by atoms with Crippen LogP contribution in [0.15, 0.2) is 66.2 Å². The number of phenolic OH excluding ortho intramolecular Hbond substituents is 1. The Labute approximate surface area is 375 Å². The first kappa shape index (κ1) is 44.2. The number of carbonyl (C=O) groups excluding carboxylic acids is 3. The molecule has 338 valence electrons. The fraction of sp³-hybridized carbons (Fsp3) is 0.528. The first-order chi connectivity index (χ1) is 30.8. The van der Waals surface area contributed by atoms with Gasteiger partial charge in [-0.25, -0.2) is 4.79 Å². The molecule has 1 spiro atoms. The minimum atomic E-state index is -1.60. The van der Waals surface area contributed by atoms with E-state index in [0.29, 0.717) is 66.5 Å². The number of aliphatic hydroxyl groups excluding tert-OH is 3. The van der Waals surface area contributed by atoms with E-state index in [4.69, 9.17) is 9.47 Å². The maximum atomic E-state index is 15.4. The number of ether oxygens (including phenoxy) is 2. The minimum absolute atomic E-state index is 0.0262. The molecule has 9 rings (SSSR count). The average Bonchev–Trinajstić information content (AvgIpc) is 3.79. The van der Waals surface area contributed by atoms with E-state index >= 15 is 4.79 Å². The van der Waals surface area contributed by atoms with Crippen LogP contribution in [0.25, 0.3) is 0 Å². The molecule has 3 aliphatic heterocycles. The van der Waals surface area contributed by atoms with E-state index in [9.17, 15) is 35.1 Å². The molecular formula is C53H61NO10. The highest BCUT2D eigenvalue weighted by Crippen LogP contribution is 2.55. The third-order valence-electron chi connectivity index (χ3n) is 15.8. The standard InChI is InChI=1S/C53H61NO10/c1-3-38-11-12-41-43-20-31-7-6-8-39(18-31)52(15-4-5-16-52)48(59)24-37-21-33(35-17-32(29-55)19-40(22-35)54-28-30(2)56)9-10-34-26-50(60)63-47-27-46(58)36(23-42(34)47)25-49(64-51(37)61)53(38,62)44(41)13-14-45(43)57/h6-8,17-19,22-24,27,30,33-34,38,41,43-44,48-49,54-56,58-59,62H,3-5,11-16,20-21,25-26,28-29H2,1-2H3/b37-24-/t30-,33-,34+,38+,41+,43+,44-,48+,49+,53-/m0/s1. The van der Waals surface area contributed by atoms with Crippen molar-refractivity contribution in [1.82, 2.24) is 0 Å². The molecule has 64 heavy (non-hydrogen) atoms. The summed E-state index contributed by atoms with van der Waals surface area (Å²) < 4.78 is 12.5. The van der Waals surface area contributed by atoms with Gasteiger partial charge in [0.25, 0.3) is 0 Å². The van der Waals surface area contributed by atoms with E-state index < -0.39 is 59.0 Å². The second kappa shape index (κ2) is 17.8. The summed E-state index contributed by atoms with van der Waals surface area (Å²) >= 11 is 0. The molecule has 3 aliphatic carbocycles. The van der Waals surface area contributed by atoms with E-state index in [1.807, 2.05) is 31.2 Å². The lowest BCUT2D eigenvalue weighted by atomic mass is 9.53. The number of Topliss-reactive ketones (excluding diaryl/α,β-unsaturated/α-hetero) is 1. The van der Waals surface area contributed by atoms with Crippen molar-refractivity contribution in [1.29, 1.82) is 0 Å². The Bertz CT molecular complexity index is 2400. The number of ketones is 1. The van der Waals surface area contributed by atoms with Gasteiger partial charge >= 0.3 is 11.9 Å². The molecule has 0 saturated heterocycles. The molecule has 10 atom stereocenters. The number of hydrogen-bond acceptors (Lipinski definition) is 11. The molecule has 3 heterocycles. The van der Waals surface area contributed by atoms with Gasteiger partial charge in [0.1, 0.15) is 29.0 Å². The van der Waals surface area contributed by atoms with Gasteiger partial charge in [0, 0.05) is 59.5 Å². The molecule has 10 bridgehead atoms. The van der Waals surface area contributed by atoms with Crippen molar-refractivity contribution in [2.45, 2.75) is 145 Å². The second-order valence-corrected chi connectivity index (χ2v) is 19.6. The highest BCUT2D eigenvalue weighted by atomic mass is 16.6. The number of carbonyl (C=O) groups is 3. The summed E-state index contributed by atoms with van der Waals surface area (Å²) in [6.07, 6.45) is 4.82. The van der Waals surface area contributed by atoms with E-state index in [2.05, 4.69) is 29.3 Å². The monoisotopic (exact) mass is 871 g/mol. The Morgan fingerprint density at radius 3 is 2.50 bits per heavy atom. The predicted octanol–water partition coefficient (Wildman–Crippen LogP) is 6.83. The average molecular weight is 872 g/mol. The summed E-state index contributed by atoms with van der Waals surface area (Å²) in [5, 5.41) is 61.9. The van der Waals surface area contributed by atoms with E-state index in [1.54, 1.807) is 25.1 Å². The SMILES string of the molecule is CC[C@@H]1CC[C@@H]2[C@H]3Cc4cccc(c4)C4(CCCC4)[C@H](O)/C=C4/C[C@@H](c5cc(CO)cc(NC[C@H](C)O)c5)C#C[C@@H]5CC(=O)Oc6cc(O)c(cc65)C[C@@H](OC4=O)[C@@]1(O)[C@H]2CCC3=O. The van der Waals surface area contributed by atoms with Crippen molar-refractivity contribution < 1.29 is 49.4 Å². The number of aromatic hydroxyl groups is 1. The van der Waals surface area contributed by atoms with Crippen LogP contribution in [0.4, 0.5) is 5.69 Å². The smallest absolute Gasteiger partial charge is 0.334 e. The maximum absolute atomic E-state index is 15.4. The number of aliphatic hydroxyl groups is 4.